The van der Waals surface area contributed by atoms with E-state index in [1.807, 2.05) is 13.8 Å². The molecule has 2 aromatic rings. The number of hydrogen-bond acceptors (Lipinski definition) is 3. The molecule has 0 unspecified atom stereocenters. The van der Waals surface area contributed by atoms with E-state index in [2.05, 4.69) is 10.3 Å². The zero-order valence-corrected chi connectivity index (χ0v) is 10.2. The predicted molar refractivity (Wildman–Crippen MR) is 67.0 cm³/mol. The van der Waals surface area contributed by atoms with Crippen LogP contribution in [0.4, 0.5) is 5.69 Å². The van der Waals surface area contributed by atoms with E-state index in [-0.39, 0.29) is 5.91 Å². The van der Waals surface area contributed by atoms with Gasteiger partial charge in [-0.2, -0.15) is 0 Å². The molecule has 4 nitrogen and oxygen atoms in total. The van der Waals surface area contributed by atoms with Gasteiger partial charge in [0.2, 0.25) is 0 Å². The number of aromatic nitrogens is 1. The number of amides is 1. The van der Waals surface area contributed by atoms with Crippen LogP contribution in [0.1, 0.15) is 30.2 Å². The SMILES string of the molecule is CC.Cc1ccc(C(=O)Nc2ccncc2)o1. The van der Waals surface area contributed by atoms with Crippen molar-refractivity contribution in [1.82, 2.24) is 4.98 Å². The number of rotatable bonds is 2. The molecule has 2 heterocycles. The molecule has 0 atom stereocenters. The maximum Gasteiger partial charge on any atom is 0.291 e. The molecule has 0 aliphatic heterocycles. The summed E-state index contributed by atoms with van der Waals surface area (Å²) in [5.41, 5.74) is 0.698. The number of carbonyl (C=O) groups is 1. The van der Waals surface area contributed by atoms with Crippen LogP contribution in [-0.2, 0) is 0 Å². The number of aryl methyl sites for hydroxylation is 1. The molecule has 0 fully saturated rings. The van der Waals surface area contributed by atoms with E-state index in [0.29, 0.717) is 11.4 Å². The van der Waals surface area contributed by atoms with Gasteiger partial charge in [0.15, 0.2) is 5.76 Å². The van der Waals surface area contributed by atoms with Gasteiger partial charge in [-0.1, -0.05) is 13.8 Å². The van der Waals surface area contributed by atoms with Crippen molar-refractivity contribution in [3.8, 4) is 0 Å². The van der Waals surface area contributed by atoms with E-state index in [4.69, 9.17) is 4.42 Å². The zero-order chi connectivity index (χ0) is 12.7. The minimum Gasteiger partial charge on any atom is -0.456 e. The number of furan rings is 1. The van der Waals surface area contributed by atoms with Gasteiger partial charge in [0, 0.05) is 18.1 Å². The van der Waals surface area contributed by atoms with E-state index in [0.717, 1.165) is 5.76 Å². The molecule has 0 saturated carbocycles. The van der Waals surface area contributed by atoms with Crippen LogP contribution in [0.25, 0.3) is 0 Å². The summed E-state index contributed by atoms with van der Waals surface area (Å²) in [4.78, 5) is 15.5. The molecule has 0 aromatic carbocycles. The maximum absolute atomic E-state index is 11.6. The van der Waals surface area contributed by atoms with Crippen LogP contribution in [-0.4, -0.2) is 10.9 Å². The Hall–Kier alpha value is -2.10. The molecule has 17 heavy (non-hydrogen) atoms. The second-order valence-corrected chi connectivity index (χ2v) is 3.10. The van der Waals surface area contributed by atoms with Crippen molar-refractivity contribution in [2.45, 2.75) is 20.8 Å². The van der Waals surface area contributed by atoms with Crippen molar-refractivity contribution in [3.05, 3.63) is 48.2 Å². The predicted octanol–water partition coefficient (Wildman–Crippen LogP) is 3.26. The Kier molecular flexibility index (Phi) is 4.94. The van der Waals surface area contributed by atoms with Crippen molar-refractivity contribution < 1.29 is 9.21 Å². The lowest BCUT2D eigenvalue weighted by Crippen LogP contribution is -2.10. The van der Waals surface area contributed by atoms with E-state index in [9.17, 15) is 4.79 Å². The normalized spacial score (nSPS) is 9.12. The lowest BCUT2D eigenvalue weighted by atomic mass is 10.3. The molecule has 4 heteroatoms. The summed E-state index contributed by atoms with van der Waals surface area (Å²) in [7, 11) is 0. The molecule has 0 bridgehead atoms. The fraction of sp³-hybridized carbons (Fsp3) is 0.231. The molecule has 0 saturated heterocycles. The first-order chi connectivity index (χ1) is 8.25. The lowest BCUT2D eigenvalue weighted by Gasteiger charge is -2.01. The average Bonchev–Trinajstić information content (AvgIpc) is 2.80. The second-order valence-electron chi connectivity index (χ2n) is 3.10. The number of nitrogens with one attached hydrogen (secondary N) is 1. The van der Waals surface area contributed by atoms with Crippen LogP contribution >= 0.6 is 0 Å². The smallest absolute Gasteiger partial charge is 0.291 e. The zero-order valence-electron chi connectivity index (χ0n) is 10.2. The van der Waals surface area contributed by atoms with Crippen molar-refractivity contribution in [3.63, 3.8) is 0 Å². The number of carbonyl (C=O) groups excluding carboxylic acids is 1. The first kappa shape index (κ1) is 13.0. The van der Waals surface area contributed by atoms with Crippen molar-refractivity contribution in [1.29, 1.82) is 0 Å². The van der Waals surface area contributed by atoms with Crippen LogP contribution in [0.2, 0.25) is 0 Å². The van der Waals surface area contributed by atoms with Gasteiger partial charge in [0.1, 0.15) is 5.76 Å². The van der Waals surface area contributed by atoms with Gasteiger partial charge in [-0.25, -0.2) is 0 Å². The molecule has 90 valence electrons. The van der Waals surface area contributed by atoms with Crippen LogP contribution in [0.3, 0.4) is 0 Å². The molecule has 1 amide bonds. The molecule has 2 rings (SSSR count). The van der Waals surface area contributed by atoms with Crippen molar-refractivity contribution >= 4 is 11.6 Å². The van der Waals surface area contributed by atoms with Crippen LogP contribution in [0.15, 0.2) is 41.1 Å². The van der Waals surface area contributed by atoms with Gasteiger partial charge in [0.25, 0.3) is 5.91 Å². The molecular formula is C13H16N2O2. The van der Waals surface area contributed by atoms with E-state index < -0.39 is 0 Å². The van der Waals surface area contributed by atoms with Gasteiger partial charge in [-0.05, 0) is 31.2 Å². The molecule has 0 spiro atoms. The maximum atomic E-state index is 11.6. The lowest BCUT2D eigenvalue weighted by molar-refractivity contribution is 0.0995. The summed E-state index contributed by atoms with van der Waals surface area (Å²) >= 11 is 0. The number of anilines is 1. The Morgan fingerprint density at radius 3 is 2.35 bits per heavy atom. The Morgan fingerprint density at radius 1 is 1.18 bits per heavy atom. The molecular weight excluding hydrogens is 216 g/mol. The van der Waals surface area contributed by atoms with E-state index in [1.165, 1.54) is 0 Å². The van der Waals surface area contributed by atoms with Crippen molar-refractivity contribution in [2.75, 3.05) is 5.32 Å². The van der Waals surface area contributed by atoms with Crippen molar-refractivity contribution in [2.24, 2.45) is 0 Å². The summed E-state index contributed by atoms with van der Waals surface area (Å²) in [5, 5.41) is 2.70. The Balaban J connectivity index is 0.000000686. The van der Waals surface area contributed by atoms with Gasteiger partial charge in [-0.3, -0.25) is 9.78 Å². The molecule has 2 aromatic heterocycles. The monoisotopic (exact) mass is 232 g/mol. The fourth-order valence-corrected chi connectivity index (χ4v) is 1.18. The number of hydrogen-bond donors (Lipinski definition) is 1. The van der Waals surface area contributed by atoms with Crippen LogP contribution in [0.5, 0.6) is 0 Å². The van der Waals surface area contributed by atoms with E-state index in [1.54, 1.807) is 43.6 Å². The summed E-state index contributed by atoms with van der Waals surface area (Å²) < 4.78 is 5.19. The summed E-state index contributed by atoms with van der Waals surface area (Å²) in [6, 6.07) is 6.83. The topological polar surface area (TPSA) is 55.1 Å². The minimum atomic E-state index is -0.255. The third kappa shape index (κ3) is 3.75. The van der Waals surface area contributed by atoms with Crippen LogP contribution in [0, 0.1) is 6.92 Å². The summed E-state index contributed by atoms with van der Waals surface area (Å²) in [5.74, 6) is 0.772. The average molecular weight is 232 g/mol. The second kappa shape index (κ2) is 6.48. The highest BCUT2D eigenvalue weighted by Gasteiger charge is 2.09. The molecule has 1 N–H and O–H groups in total. The number of pyridine rings is 1. The Labute approximate surface area is 101 Å². The summed E-state index contributed by atoms with van der Waals surface area (Å²) in [6.07, 6.45) is 3.23. The summed E-state index contributed by atoms with van der Waals surface area (Å²) in [6.45, 7) is 5.79. The minimum absolute atomic E-state index is 0.255. The van der Waals surface area contributed by atoms with Crippen LogP contribution < -0.4 is 5.32 Å². The van der Waals surface area contributed by atoms with Gasteiger partial charge in [-0.15, -0.1) is 0 Å². The standard InChI is InChI=1S/C11H10N2O2.C2H6/c1-8-2-3-10(15-8)11(14)13-9-4-6-12-7-5-9;1-2/h2-7H,1H3,(H,12,13,14);1-2H3. The number of nitrogens with zero attached hydrogens (tertiary/aromatic N) is 1. The fourth-order valence-electron chi connectivity index (χ4n) is 1.18. The first-order valence-corrected chi connectivity index (χ1v) is 5.53. The largest absolute Gasteiger partial charge is 0.456 e. The third-order valence-electron chi connectivity index (χ3n) is 1.90. The van der Waals surface area contributed by atoms with Gasteiger partial charge < -0.3 is 9.73 Å². The Morgan fingerprint density at radius 2 is 1.82 bits per heavy atom. The van der Waals surface area contributed by atoms with E-state index >= 15 is 0 Å². The first-order valence-electron chi connectivity index (χ1n) is 5.53. The Bertz CT molecular complexity index is 463. The highest BCUT2D eigenvalue weighted by Crippen LogP contribution is 2.10. The highest BCUT2D eigenvalue weighted by molar-refractivity contribution is 6.02. The van der Waals surface area contributed by atoms with Gasteiger partial charge >= 0.3 is 0 Å². The molecule has 0 radical (unpaired) electrons. The molecule has 0 aliphatic rings. The highest BCUT2D eigenvalue weighted by atomic mass is 16.3. The molecule has 0 aliphatic carbocycles. The quantitative estimate of drug-likeness (QED) is 0.864. The van der Waals surface area contributed by atoms with Gasteiger partial charge in [0.05, 0.1) is 0 Å². The third-order valence-corrected chi connectivity index (χ3v) is 1.90.